The molecule has 0 spiro atoms. The average molecular weight is 436 g/mol. The van der Waals surface area contributed by atoms with Gasteiger partial charge in [-0.15, -0.1) is 11.3 Å². The Balaban J connectivity index is 1.67. The second kappa shape index (κ2) is 8.23. The maximum atomic E-state index is 12.8. The summed E-state index contributed by atoms with van der Waals surface area (Å²) in [6, 6.07) is 5.28. The number of carbonyl (C=O) groups excluding carboxylic acids is 1. The molecule has 1 aromatic carbocycles. The van der Waals surface area contributed by atoms with E-state index in [-0.39, 0.29) is 12.1 Å². The van der Waals surface area contributed by atoms with E-state index in [1.807, 2.05) is 6.92 Å². The zero-order chi connectivity index (χ0) is 19.7. The Labute approximate surface area is 177 Å². The van der Waals surface area contributed by atoms with E-state index in [1.165, 1.54) is 24.1 Å². The molecule has 2 aromatic heterocycles. The molecule has 2 heterocycles. The van der Waals surface area contributed by atoms with Crippen LogP contribution in [0.3, 0.4) is 0 Å². The molecule has 0 unspecified atom stereocenters. The predicted octanol–water partition coefficient (Wildman–Crippen LogP) is 6.54. The molecule has 0 amide bonds. The van der Waals surface area contributed by atoms with Gasteiger partial charge in [0.15, 0.2) is 0 Å². The fourth-order valence-corrected chi connectivity index (χ4v) is 5.01. The molecule has 1 aliphatic rings. The number of para-hydroxylation sites is 1. The van der Waals surface area contributed by atoms with Gasteiger partial charge < -0.3 is 10.1 Å². The third kappa shape index (κ3) is 3.81. The molecular formula is C20H19Cl2N3O2S. The van der Waals surface area contributed by atoms with Gasteiger partial charge in [0.2, 0.25) is 0 Å². The molecule has 1 fully saturated rings. The van der Waals surface area contributed by atoms with Crippen LogP contribution in [0.1, 0.15) is 47.3 Å². The number of aromatic nitrogens is 2. The SMILES string of the molecule is Cc1c(C(=O)OC2CCCCC2)sc2ncnc(Nc3c(Cl)cccc3Cl)c12. The van der Waals surface area contributed by atoms with Crippen LogP contribution in [0.25, 0.3) is 10.2 Å². The average Bonchev–Trinajstić information content (AvgIpc) is 3.03. The molecule has 0 bridgehead atoms. The van der Waals surface area contributed by atoms with Gasteiger partial charge in [0, 0.05) is 0 Å². The molecule has 5 nitrogen and oxygen atoms in total. The molecule has 8 heteroatoms. The molecule has 0 atom stereocenters. The number of anilines is 2. The molecule has 1 N–H and O–H groups in total. The Hall–Kier alpha value is -1.89. The van der Waals surface area contributed by atoms with Crippen molar-refractivity contribution in [3.8, 4) is 0 Å². The van der Waals surface area contributed by atoms with Crippen LogP contribution in [0.2, 0.25) is 10.0 Å². The highest BCUT2D eigenvalue weighted by Crippen LogP contribution is 2.38. The van der Waals surface area contributed by atoms with Crippen LogP contribution in [0.4, 0.5) is 11.5 Å². The number of benzene rings is 1. The maximum Gasteiger partial charge on any atom is 0.348 e. The highest BCUT2D eigenvalue weighted by atomic mass is 35.5. The lowest BCUT2D eigenvalue weighted by molar-refractivity contribution is 0.0216. The van der Waals surface area contributed by atoms with E-state index < -0.39 is 0 Å². The first-order valence-electron chi connectivity index (χ1n) is 9.20. The van der Waals surface area contributed by atoms with Crippen molar-refractivity contribution in [2.75, 3.05) is 5.32 Å². The fraction of sp³-hybridized carbons (Fsp3) is 0.350. The molecule has 28 heavy (non-hydrogen) atoms. The minimum absolute atomic E-state index is 0.0106. The van der Waals surface area contributed by atoms with E-state index in [0.29, 0.717) is 31.3 Å². The molecular weight excluding hydrogens is 417 g/mol. The van der Waals surface area contributed by atoms with E-state index in [1.54, 1.807) is 18.2 Å². The fourth-order valence-electron chi connectivity index (χ4n) is 3.48. The lowest BCUT2D eigenvalue weighted by atomic mass is 9.98. The Morgan fingerprint density at radius 3 is 2.61 bits per heavy atom. The van der Waals surface area contributed by atoms with Gasteiger partial charge in [0.05, 0.1) is 21.1 Å². The number of fused-ring (bicyclic) bond motifs is 1. The number of nitrogens with zero attached hydrogens (tertiary/aromatic N) is 2. The number of hydrogen-bond acceptors (Lipinski definition) is 6. The minimum atomic E-state index is -0.283. The van der Waals surface area contributed by atoms with Crippen molar-refractivity contribution in [1.29, 1.82) is 0 Å². The number of nitrogens with one attached hydrogen (secondary N) is 1. The monoisotopic (exact) mass is 435 g/mol. The normalized spacial score (nSPS) is 15.0. The van der Waals surface area contributed by atoms with E-state index in [2.05, 4.69) is 15.3 Å². The summed E-state index contributed by atoms with van der Waals surface area (Å²) >= 11 is 13.9. The smallest absolute Gasteiger partial charge is 0.348 e. The van der Waals surface area contributed by atoms with Crippen LogP contribution in [0, 0.1) is 6.92 Å². The van der Waals surface area contributed by atoms with Crippen LogP contribution >= 0.6 is 34.5 Å². The highest BCUT2D eigenvalue weighted by molar-refractivity contribution is 7.20. The van der Waals surface area contributed by atoms with Crippen molar-refractivity contribution < 1.29 is 9.53 Å². The van der Waals surface area contributed by atoms with Crippen molar-refractivity contribution in [3.63, 3.8) is 0 Å². The third-order valence-electron chi connectivity index (χ3n) is 4.94. The van der Waals surface area contributed by atoms with Gasteiger partial charge in [0.1, 0.15) is 28.0 Å². The quantitative estimate of drug-likeness (QED) is 0.471. The van der Waals surface area contributed by atoms with E-state index in [9.17, 15) is 4.79 Å². The third-order valence-corrected chi connectivity index (χ3v) is 6.75. The summed E-state index contributed by atoms with van der Waals surface area (Å²) in [6.45, 7) is 1.89. The van der Waals surface area contributed by atoms with E-state index >= 15 is 0 Å². The predicted molar refractivity (Wildman–Crippen MR) is 114 cm³/mol. The number of carbonyl (C=O) groups is 1. The summed E-state index contributed by atoms with van der Waals surface area (Å²) in [5.41, 5.74) is 1.37. The second-order valence-electron chi connectivity index (χ2n) is 6.85. The van der Waals surface area contributed by atoms with Gasteiger partial charge in [0.25, 0.3) is 0 Å². The Morgan fingerprint density at radius 1 is 1.18 bits per heavy atom. The van der Waals surface area contributed by atoms with Crippen LogP contribution in [0.5, 0.6) is 0 Å². The summed E-state index contributed by atoms with van der Waals surface area (Å²) in [5, 5.41) is 4.95. The Bertz CT molecular complexity index is 1010. The summed E-state index contributed by atoms with van der Waals surface area (Å²) in [6.07, 6.45) is 6.78. The Kier molecular flexibility index (Phi) is 5.71. The van der Waals surface area contributed by atoms with Gasteiger partial charge in [-0.3, -0.25) is 0 Å². The first-order chi connectivity index (χ1) is 13.5. The van der Waals surface area contributed by atoms with Crippen molar-refractivity contribution in [3.05, 3.63) is 45.0 Å². The van der Waals surface area contributed by atoms with Gasteiger partial charge in [-0.25, -0.2) is 14.8 Å². The second-order valence-corrected chi connectivity index (χ2v) is 8.66. The number of hydrogen-bond donors (Lipinski definition) is 1. The Morgan fingerprint density at radius 2 is 1.89 bits per heavy atom. The van der Waals surface area contributed by atoms with Crippen molar-refractivity contribution in [1.82, 2.24) is 9.97 Å². The number of rotatable bonds is 4. The first-order valence-corrected chi connectivity index (χ1v) is 10.8. The maximum absolute atomic E-state index is 12.8. The molecule has 0 aliphatic heterocycles. The lowest BCUT2D eigenvalue weighted by Gasteiger charge is -2.21. The summed E-state index contributed by atoms with van der Waals surface area (Å²) in [4.78, 5) is 22.7. The van der Waals surface area contributed by atoms with Crippen molar-refractivity contribution in [2.24, 2.45) is 0 Å². The van der Waals surface area contributed by atoms with Crippen LogP contribution < -0.4 is 5.32 Å². The van der Waals surface area contributed by atoms with Crippen molar-refractivity contribution >= 4 is 62.2 Å². The first kappa shape index (κ1) is 19.4. The van der Waals surface area contributed by atoms with Crippen molar-refractivity contribution in [2.45, 2.75) is 45.1 Å². The van der Waals surface area contributed by atoms with Gasteiger partial charge in [-0.05, 0) is 50.3 Å². The van der Waals surface area contributed by atoms with Gasteiger partial charge in [-0.2, -0.15) is 0 Å². The number of halogens is 2. The van der Waals surface area contributed by atoms with E-state index in [4.69, 9.17) is 27.9 Å². The summed E-state index contributed by atoms with van der Waals surface area (Å²) in [5.74, 6) is 0.277. The topological polar surface area (TPSA) is 64.1 Å². The molecule has 4 rings (SSSR count). The molecule has 146 valence electrons. The molecule has 0 saturated heterocycles. The van der Waals surface area contributed by atoms with Crippen LogP contribution in [0.15, 0.2) is 24.5 Å². The highest BCUT2D eigenvalue weighted by Gasteiger charge is 2.24. The number of ether oxygens (including phenoxy) is 1. The minimum Gasteiger partial charge on any atom is -0.458 e. The van der Waals surface area contributed by atoms with Crippen LogP contribution in [-0.4, -0.2) is 22.0 Å². The molecule has 1 aliphatic carbocycles. The number of esters is 1. The zero-order valence-electron chi connectivity index (χ0n) is 15.3. The standard InChI is InChI=1S/C20H19Cl2N3O2S/c1-11-15-18(25-16-13(21)8-5-9-14(16)22)23-10-24-19(15)28-17(11)20(26)27-12-6-3-2-4-7-12/h5,8-10,12H,2-4,6-7H2,1H3,(H,23,24,25). The molecule has 0 radical (unpaired) electrons. The summed E-state index contributed by atoms with van der Waals surface area (Å²) < 4.78 is 5.74. The van der Waals surface area contributed by atoms with E-state index in [0.717, 1.165) is 36.6 Å². The summed E-state index contributed by atoms with van der Waals surface area (Å²) in [7, 11) is 0. The number of thiophene rings is 1. The van der Waals surface area contributed by atoms with Gasteiger partial charge in [-0.1, -0.05) is 35.7 Å². The molecule has 1 saturated carbocycles. The number of aryl methyl sites for hydroxylation is 1. The largest absolute Gasteiger partial charge is 0.458 e. The van der Waals surface area contributed by atoms with Crippen LogP contribution in [-0.2, 0) is 4.74 Å². The lowest BCUT2D eigenvalue weighted by Crippen LogP contribution is -2.20. The van der Waals surface area contributed by atoms with Gasteiger partial charge >= 0.3 is 5.97 Å². The molecule has 3 aromatic rings. The zero-order valence-corrected chi connectivity index (χ0v) is 17.6.